The molecule has 4 heteroatoms. The number of carbonyl (C=O) groups is 1. The number of benzene rings is 1. The van der Waals surface area contributed by atoms with Gasteiger partial charge in [-0.1, -0.05) is 0 Å². The van der Waals surface area contributed by atoms with Gasteiger partial charge in [-0.05, 0) is 43.7 Å². The number of hydrogen-bond acceptors (Lipinski definition) is 4. The summed E-state index contributed by atoms with van der Waals surface area (Å²) in [4.78, 5) is 20.4. The molecule has 0 amide bonds. The summed E-state index contributed by atoms with van der Waals surface area (Å²) in [5.74, 6) is 1.23. The number of methoxy groups -OCH3 is 1. The topological polar surface area (TPSA) is 52.1 Å². The van der Waals surface area contributed by atoms with Crippen LogP contribution in [0.3, 0.4) is 0 Å². The Hall–Kier alpha value is -2.23. The molecule has 0 saturated carbocycles. The smallest absolute Gasteiger partial charge is 0.211 e. The van der Waals surface area contributed by atoms with Gasteiger partial charge in [0, 0.05) is 11.8 Å². The minimum absolute atomic E-state index is 0.0966. The molecule has 1 heterocycles. The van der Waals surface area contributed by atoms with E-state index >= 15 is 0 Å². The lowest BCUT2D eigenvalue weighted by molar-refractivity contribution is 0.103. The largest absolute Gasteiger partial charge is 0.497 e. The molecule has 0 N–H and O–H groups in total. The highest BCUT2D eigenvalue weighted by Crippen LogP contribution is 2.19. The number of ether oxygens (including phenoxy) is 1. The first-order chi connectivity index (χ1) is 8.61. The molecule has 4 nitrogen and oxygen atoms in total. The summed E-state index contributed by atoms with van der Waals surface area (Å²) in [7, 11) is 1.60. The van der Waals surface area contributed by atoms with Gasteiger partial charge in [0.2, 0.25) is 5.78 Å². The predicted octanol–water partition coefficient (Wildman–Crippen LogP) is 2.33. The highest BCUT2D eigenvalue weighted by atomic mass is 16.5. The van der Waals surface area contributed by atoms with Gasteiger partial charge in [-0.25, -0.2) is 9.97 Å². The maximum absolute atomic E-state index is 12.3. The molecule has 18 heavy (non-hydrogen) atoms. The highest BCUT2D eigenvalue weighted by molar-refractivity contribution is 6.08. The van der Waals surface area contributed by atoms with E-state index < -0.39 is 0 Å². The molecule has 1 aromatic carbocycles. The molecule has 92 valence electrons. The second-order valence-corrected chi connectivity index (χ2v) is 4.00. The Morgan fingerprint density at radius 3 is 2.61 bits per heavy atom. The van der Waals surface area contributed by atoms with Crippen LogP contribution in [0.15, 0.2) is 30.5 Å². The zero-order valence-electron chi connectivity index (χ0n) is 10.6. The van der Waals surface area contributed by atoms with E-state index in [1.54, 1.807) is 38.4 Å². The minimum Gasteiger partial charge on any atom is -0.497 e. The average Bonchev–Trinajstić information content (AvgIpc) is 2.37. The van der Waals surface area contributed by atoms with E-state index in [0.717, 1.165) is 11.3 Å². The Morgan fingerprint density at radius 1 is 1.22 bits per heavy atom. The monoisotopic (exact) mass is 242 g/mol. The number of aromatic nitrogens is 2. The molecule has 0 aliphatic carbocycles. The van der Waals surface area contributed by atoms with Gasteiger partial charge in [-0.2, -0.15) is 0 Å². The van der Waals surface area contributed by atoms with Crippen molar-refractivity contribution in [1.82, 2.24) is 9.97 Å². The molecular weight excluding hydrogens is 228 g/mol. The van der Waals surface area contributed by atoms with E-state index in [1.807, 2.05) is 13.0 Å². The molecule has 0 spiro atoms. The van der Waals surface area contributed by atoms with Crippen LogP contribution in [0.4, 0.5) is 0 Å². The fraction of sp³-hybridized carbons (Fsp3) is 0.214. The molecule has 0 atom stereocenters. The number of hydrogen-bond donors (Lipinski definition) is 0. The molecule has 0 bridgehead atoms. The van der Waals surface area contributed by atoms with Gasteiger partial charge in [0.15, 0.2) is 0 Å². The van der Waals surface area contributed by atoms with E-state index in [-0.39, 0.29) is 5.78 Å². The van der Waals surface area contributed by atoms with E-state index in [0.29, 0.717) is 17.1 Å². The lowest BCUT2D eigenvalue weighted by Crippen LogP contribution is -2.07. The summed E-state index contributed by atoms with van der Waals surface area (Å²) in [6.45, 7) is 3.64. The molecule has 0 saturated heterocycles. The van der Waals surface area contributed by atoms with Crippen molar-refractivity contribution < 1.29 is 9.53 Å². The van der Waals surface area contributed by atoms with Crippen molar-refractivity contribution in [2.75, 3.05) is 7.11 Å². The molecule has 0 fully saturated rings. The molecule has 0 unspecified atom stereocenters. The van der Waals surface area contributed by atoms with Crippen LogP contribution in [0.25, 0.3) is 0 Å². The summed E-state index contributed by atoms with van der Waals surface area (Å²) in [5, 5.41) is 0. The van der Waals surface area contributed by atoms with Crippen LogP contribution in [-0.4, -0.2) is 22.9 Å². The van der Waals surface area contributed by atoms with Crippen LogP contribution in [0.5, 0.6) is 5.75 Å². The number of ketones is 1. The standard InChI is InChI=1S/C14H14N2O2/c1-9-8-11(18-3)4-5-12(9)14(17)13-6-7-15-10(2)16-13/h4-8H,1-3H3. The van der Waals surface area contributed by atoms with E-state index in [9.17, 15) is 4.79 Å². The van der Waals surface area contributed by atoms with E-state index in [4.69, 9.17) is 4.74 Å². The Balaban J connectivity index is 2.40. The quantitative estimate of drug-likeness (QED) is 0.775. The van der Waals surface area contributed by atoms with Crippen molar-refractivity contribution in [3.05, 3.63) is 53.1 Å². The molecule has 2 aromatic rings. The van der Waals surface area contributed by atoms with Gasteiger partial charge < -0.3 is 4.74 Å². The van der Waals surface area contributed by atoms with Crippen molar-refractivity contribution in [3.63, 3.8) is 0 Å². The van der Waals surface area contributed by atoms with Gasteiger partial charge in [0.05, 0.1) is 7.11 Å². The molecule has 2 rings (SSSR count). The summed E-state index contributed by atoms with van der Waals surface area (Å²) in [6, 6.07) is 6.99. The Kier molecular flexibility index (Phi) is 3.37. The van der Waals surface area contributed by atoms with Crippen LogP contribution >= 0.6 is 0 Å². The summed E-state index contributed by atoms with van der Waals surface area (Å²) < 4.78 is 5.12. The Labute approximate surface area is 106 Å². The third-order valence-electron chi connectivity index (χ3n) is 2.69. The fourth-order valence-corrected chi connectivity index (χ4v) is 1.74. The van der Waals surface area contributed by atoms with Crippen LogP contribution < -0.4 is 4.74 Å². The normalized spacial score (nSPS) is 10.2. The second-order valence-electron chi connectivity index (χ2n) is 4.00. The Bertz CT molecular complexity index is 594. The Morgan fingerprint density at radius 2 is 2.00 bits per heavy atom. The maximum atomic E-state index is 12.3. The number of nitrogens with zero attached hydrogens (tertiary/aromatic N) is 2. The lowest BCUT2D eigenvalue weighted by Gasteiger charge is -2.07. The zero-order valence-corrected chi connectivity index (χ0v) is 10.6. The van der Waals surface area contributed by atoms with Crippen molar-refractivity contribution >= 4 is 5.78 Å². The van der Waals surface area contributed by atoms with Crippen molar-refractivity contribution in [2.24, 2.45) is 0 Å². The van der Waals surface area contributed by atoms with Crippen molar-refractivity contribution in [3.8, 4) is 5.75 Å². The highest BCUT2D eigenvalue weighted by Gasteiger charge is 2.13. The van der Waals surface area contributed by atoms with Crippen LogP contribution in [0, 0.1) is 13.8 Å². The van der Waals surface area contributed by atoms with Crippen molar-refractivity contribution in [1.29, 1.82) is 0 Å². The van der Waals surface area contributed by atoms with Gasteiger partial charge >= 0.3 is 0 Å². The first kappa shape index (κ1) is 12.2. The first-order valence-corrected chi connectivity index (χ1v) is 5.61. The summed E-state index contributed by atoms with van der Waals surface area (Å²) in [5.41, 5.74) is 1.92. The van der Waals surface area contributed by atoms with Gasteiger partial charge in [-0.3, -0.25) is 4.79 Å². The number of rotatable bonds is 3. The number of aryl methyl sites for hydroxylation is 2. The van der Waals surface area contributed by atoms with Crippen LogP contribution in [0.2, 0.25) is 0 Å². The minimum atomic E-state index is -0.0966. The molecule has 0 radical (unpaired) electrons. The van der Waals surface area contributed by atoms with Crippen LogP contribution in [0.1, 0.15) is 27.4 Å². The van der Waals surface area contributed by atoms with Crippen LogP contribution in [-0.2, 0) is 0 Å². The third kappa shape index (κ3) is 2.37. The van der Waals surface area contributed by atoms with Gasteiger partial charge in [0.1, 0.15) is 17.3 Å². The summed E-state index contributed by atoms with van der Waals surface area (Å²) >= 11 is 0. The van der Waals surface area contributed by atoms with Gasteiger partial charge in [-0.15, -0.1) is 0 Å². The average molecular weight is 242 g/mol. The molecule has 0 aliphatic rings. The lowest BCUT2D eigenvalue weighted by atomic mass is 10.0. The summed E-state index contributed by atoms with van der Waals surface area (Å²) in [6.07, 6.45) is 1.59. The van der Waals surface area contributed by atoms with E-state index in [1.165, 1.54) is 0 Å². The van der Waals surface area contributed by atoms with Crippen molar-refractivity contribution in [2.45, 2.75) is 13.8 Å². The zero-order chi connectivity index (χ0) is 13.1. The molecule has 1 aromatic heterocycles. The second kappa shape index (κ2) is 4.96. The third-order valence-corrected chi connectivity index (χ3v) is 2.69. The fourth-order valence-electron chi connectivity index (χ4n) is 1.74. The predicted molar refractivity (Wildman–Crippen MR) is 67.9 cm³/mol. The molecular formula is C14H14N2O2. The van der Waals surface area contributed by atoms with E-state index in [2.05, 4.69) is 9.97 Å². The molecule has 0 aliphatic heterocycles. The SMILES string of the molecule is COc1ccc(C(=O)c2ccnc(C)n2)c(C)c1. The maximum Gasteiger partial charge on any atom is 0.211 e. The van der Waals surface area contributed by atoms with Gasteiger partial charge in [0.25, 0.3) is 0 Å². The number of carbonyl (C=O) groups excluding carboxylic acids is 1. The first-order valence-electron chi connectivity index (χ1n) is 5.61.